The number of halogens is 3. The van der Waals surface area contributed by atoms with Gasteiger partial charge in [0.05, 0.1) is 0 Å². The number of nitrogens with one attached hydrogen (secondary N) is 2. The molecule has 1 aromatic rings. The van der Waals surface area contributed by atoms with Crippen molar-refractivity contribution in [1.82, 2.24) is 9.97 Å². The van der Waals surface area contributed by atoms with Crippen LogP contribution < -0.4 is 10.6 Å². The molecule has 2 N–H and O–H groups in total. The molecule has 118 valence electrons. The van der Waals surface area contributed by atoms with Crippen molar-refractivity contribution in [2.75, 3.05) is 24.2 Å². The molecule has 1 aliphatic carbocycles. The van der Waals surface area contributed by atoms with Gasteiger partial charge in [0.15, 0.2) is 0 Å². The van der Waals surface area contributed by atoms with Gasteiger partial charge in [0, 0.05) is 19.7 Å². The minimum Gasteiger partial charge on any atom is -0.373 e. The first kappa shape index (κ1) is 15.9. The zero-order chi connectivity index (χ0) is 15.5. The van der Waals surface area contributed by atoms with Crippen LogP contribution >= 0.6 is 0 Å². The first-order valence-electron chi connectivity index (χ1n) is 7.26. The quantitative estimate of drug-likeness (QED) is 0.889. The smallest absolute Gasteiger partial charge is 0.373 e. The van der Waals surface area contributed by atoms with E-state index in [-0.39, 0.29) is 11.6 Å². The Kier molecular flexibility index (Phi) is 4.90. The minimum absolute atomic E-state index is 0.164. The number of hydrogen-bond donors (Lipinski definition) is 2. The van der Waals surface area contributed by atoms with E-state index in [1.54, 1.807) is 0 Å². The highest BCUT2D eigenvalue weighted by molar-refractivity contribution is 5.47. The van der Waals surface area contributed by atoms with E-state index in [9.17, 15) is 13.2 Å². The summed E-state index contributed by atoms with van der Waals surface area (Å²) >= 11 is 0. The van der Waals surface area contributed by atoms with Crippen LogP contribution in [0.25, 0.3) is 0 Å². The van der Waals surface area contributed by atoms with Crippen molar-refractivity contribution < 1.29 is 13.2 Å². The van der Waals surface area contributed by atoms with Crippen molar-refractivity contribution in [2.45, 2.75) is 38.8 Å². The number of anilines is 2. The molecule has 1 aliphatic rings. The Morgan fingerprint density at radius 2 is 1.76 bits per heavy atom. The Morgan fingerprint density at radius 1 is 1.14 bits per heavy atom. The van der Waals surface area contributed by atoms with E-state index in [4.69, 9.17) is 0 Å². The zero-order valence-corrected chi connectivity index (χ0v) is 12.3. The van der Waals surface area contributed by atoms with Crippen LogP contribution in [0.1, 0.15) is 38.4 Å². The molecule has 0 saturated heterocycles. The molecule has 1 heterocycles. The fourth-order valence-electron chi connectivity index (χ4n) is 2.57. The third-order valence-corrected chi connectivity index (χ3v) is 3.94. The molecule has 0 unspecified atom stereocenters. The number of hydrogen-bond acceptors (Lipinski definition) is 4. The van der Waals surface area contributed by atoms with Gasteiger partial charge in [-0.15, -0.1) is 0 Å². The van der Waals surface area contributed by atoms with Gasteiger partial charge in [-0.2, -0.15) is 13.2 Å². The molecule has 4 nitrogen and oxygen atoms in total. The number of aromatic nitrogens is 2. The van der Waals surface area contributed by atoms with Crippen LogP contribution in [-0.2, 0) is 6.18 Å². The average Bonchev–Trinajstić information content (AvgIpc) is 2.45. The van der Waals surface area contributed by atoms with Gasteiger partial charge in [-0.25, -0.2) is 9.97 Å². The third-order valence-electron chi connectivity index (χ3n) is 3.94. The largest absolute Gasteiger partial charge is 0.451 e. The SMILES string of the molecule is CNc1cc(NCC2CCC(C)CC2)nc(C(F)(F)F)n1. The molecule has 7 heteroatoms. The Morgan fingerprint density at radius 3 is 2.33 bits per heavy atom. The summed E-state index contributed by atoms with van der Waals surface area (Å²) in [4.78, 5) is 7.01. The van der Waals surface area contributed by atoms with Gasteiger partial charge in [0.25, 0.3) is 0 Å². The van der Waals surface area contributed by atoms with Crippen molar-refractivity contribution in [3.8, 4) is 0 Å². The molecule has 0 radical (unpaired) electrons. The molecule has 1 fully saturated rings. The number of nitrogens with zero attached hydrogens (tertiary/aromatic N) is 2. The fraction of sp³-hybridized carbons (Fsp3) is 0.714. The molecule has 1 saturated carbocycles. The topological polar surface area (TPSA) is 49.8 Å². The predicted molar refractivity (Wildman–Crippen MR) is 76.2 cm³/mol. The van der Waals surface area contributed by atoms with Gasteiger partial charge < -0.3 is 10.6 Å². The molecule has 0 aliphatic heterocycles. The van der Waals surface area contributed by atoms with Gasteiger partial charge >= 0.3 is 6.18 Å². The van der Waals surface area contributed by atoms with Crippen LogP contribution in [0.4, 0.5) is 24.8 Å². The summed E-state index contributed by atoms with van der Waals surface area (Å²) in [7, 11) is 1.54. The number of alkyl halides is 3. The highest BCUT2D eigenvalue weighted by Crippen LogP contribution is 2.30. The predicted octanol–water partition coefficient (Wildman–Crippen LogP) is 3.78. The second-order valence-electron chi connectivity index (χ2n) is 5.72. The van der Waals surface area contributed by atoms with Crippen molar-refractivity contribution in [3.05, 3.63) is 11.9 Å². The van der Waals surface area contributed by atoms with Gasteiger partial charge in [-0.1, -0.05) is 19.8 Å². The van der Waals surface area contributed by atoms with Crippen molar-refractivity contribution in [3.63, 3.8) is 0 Å². The van der Waals surface area contributed by atoms with Gasteiger partial charge in [-0.05, 0) is 24.7 Å². The summed E-state index contributed by atoms with van der Waals surface area (Å²) in [5.41, 5.74) is 0. The zero-order valence-electron chi connectivity index (χ0n) is 12.3. The van der Waals surface area contributed by atoms with Crippen LogP contribution in [-0.4, -0.2) is 23.6 Å². The van der Waals surface area contributed by atoms with E-state index in [0.717, 1.165) is 18.8 Å². The summed E-state index contributed by atoms with van der Waals surface area (Å²) in [6.07, 6.45) is 0.0649. The summed E-state index contributed by atoms with van der Waals surface area (Å²) in [5, 5.41) is 5.66. The van der Waals surface area contributed by atoms with Crippen molar-refractivity contribution in [1.29, 1.82) is 0 Å². The first-order valence-corrected chi connectivity index (χ1v) is 7.26. The summed E-state index contributed by atoms with van der Waals surface area (Å²) in [6.45, 7) is 2.90. The lowest BCUT2D eigenvalue weighted by Gasteiger charge is -2.26. The molecular formula is C14H21F3N4. The van der Waals surface area contributed by atoms with Crippen LogP contribution in [0.15, 0.2) is 6.07 Å². The van der Waals surface area contributed by atoms with E-state index in [2.05, 4.69) is 27.5 Å². The molecule has 1 aromatic heterocycles. The van der Waals surface area contributed by atoms with Crippen LogP contribution in [0.3, 0.4) is 0 Å². The van der Waals surface area contributed by atoms with E-state index < -0.39 is 12.0 Å². The fourth-order valence-corrected chi connectivity index (χ4v) is 2.57. The average molecular weight is 302 g/mol. The van der Waals surface area contributed by atoms with Crippen LogP contribution in [0, 0.1) is 11.8 Å². The Bertz CT molecular complexity index is 468. The van der Waals surface area contributed by atoms with E-state index in [1.165, 1.54) is 26.0 Å². The molecule has 0 aromatic carbocycles. The van der Waals surface area contributed by atoms with E-state index in [1.807, 2.05) is 0 Å². The Labute approximate surface area is 122 Å². The standard InChI is InChI=1S/C14H21F3N4/c1-9-3-5-10(6-4-9)8-19-12-7-11(18-2)20-13(21-12)14(15,16)17/h7,9-10H,3-6,8H2,1-2H3,(H2,18,19,20,21). The second-order valence-corrected chi connectivity index (χ2v) is 5.72. The lowest BCUT2D eigenvalue weighted by atomic mass is 9.83. The summed E-state index contributed by atoms with van der Waals surface area (Å²) < 4.78 is 38.2. The molecular weight excluding hydrogens is 281 g/mol. The second kappa shape index (κ2) is 6.49. The molecule has 0 spiro atoms. The first-order chi connectivity index (χ1) is 9.88. The monoisotopic (exact) mass is 302 g/mol. The van der Waals surface area contributed by atoms with Crippen LogP contribution in [0.5, 0.6) is 0 Å². The van der Waals surface area contributed by atoms with Gasteiger partial charge in [0.2, 0.25) is 5.82 Å². The van der Waals surface area contributed by atoms with E-state index >= 15 is 0 Å². The summed E-state index contributed by atoms with van der Waals surface area (Å²) in [5.74, 6) is 0.531. The molecule has 0 bridgehead atoms. The minimum atomic E-state index is -4.54. The molecule has 21 heavy (non-hydrogen) atoms. The van der Waals surface area contributed by atoms with Gasteiger partial charge in [0.1, 0.15) is 11.6 Å². The third kappa shape index (κ3) is 4.47. The maximum atomic E-state index is 12.7. The van der Waals surface area contributed by atoms with Crippen molar-refractivity contribution in [2.24, 2.45) is 11.8 Å². The normalized spacial score (nSPS) is 22.9. The highest BCUT2D eigenvalue weighted by atomic mass is 19.4. The Balaban J connectivity index is 2.02. The lowest BCUT2D eigenvalue weighted by molar-refractivity contribution is -0.144. The Hall–Kier alpha value is -1.53. The molecule has 0 amide bonds. The van der Waals surface area contributed by atoms with Crippen molar-refractivity contribution >= 4 is 11.6 Å². The molecule has 0 atom stereocenters. The van der Waals surface area contributed by atoms with Gasteiger partial charge in [-0.3, -0.25) is 0 Å². The summed E-state index contributed by atoms with van der Waals surface area (Å²) in [6, 6.07) is 1.50. The number of rotatable bonds is 4. The maximum Gasteiger partial charge on any atom is 0.451 e. The lowest BCUT2D eigenvalue weighted by Crippen LogP contribution is -2.21. The van der Waals surface area contributed by atoms with Crippen LogP contribution in [0.2, 0.25) is 0 Å². The highest BCUT2D eigenvalue weighted by Gasteiger charge is 2.35. The van der Waals surface area contributed by atoms with E-state index in [0.29, 0.717) is 12.5 Å². The maximum absolute atomic E-state index is 12.7. The molecule has 2 rings (SSSR count).